The number of alkyl halides is 3. The molecule has 114 valence electrons. The highest BCUT2D eigenvalue weighted by molar-refractivity contribution is 5.76. The summed E-state index contributed by atoms with van der Waals surface area (Å²) in [5.74, 6) is 0.0774. The van der Waals surface area contributed by atoms with Gasteiger partial charge in [0.05, 0.1) is 6.42 Å². The van der Waals surface area contributed by atoms with E-state index in [2.05, 4.69) is 12.2 Å². The quantitative estimate of drug-likeness (QED) is 0.683. The summed E-state index contributed by atoms with van der Waals surface area (Å²) in [7, 11) is 0. The minimum absolute atomic E-state index is 0.271. The molecular weight excluding hydrogens is 257 g/mol. The van der Waals surface area contributed by atoms with E-state index in [9.17, 15) is 18.0 Å². The van der Waals surface area contributed by atoms with Crippen LogP contribution < -0.4 is 11.1 Å². The summed E-state index contributed by atoms with van der Waals surface area (Å²) in [5, 5.41) is 2.39. The highest BCUT2D eigenvalue weighted by Gasteiger charge is 2.30. The fourth-order valence-corrected chi connectivity index (χ4v) is 2.16. The average Bonchev–Trinajstić information content (AvgIpc) is 2.23. The molecule has 0 aliphatic rings. The van der Waals surface area contributed by atoms with Gasteiger partial charge in [0.15, 0.2) is 0 Å². The molecule has 0 aliphatic carbocycles. The molecule has 2 atom stereocenters. The van der Waals surface area contributed by atoms with E-state index in [4.69, 9.17) is 5.73 Å². The van der Waals surface area contributed by atoms with Gasteiger partial charge in [-0.25, -0.2) is 0 Å². The van der Waals surface area contributed by atoms with Crippen LogP contribution in [0.2, 0.25) is 0 Å². The Morgan fingerprint density at radius 3 is 2.37 bits per heavy atom. The average molecular weight is 282 g/mol. The monoisotopic (exact) mass is 282 g/mol. The summed E-state index contributed by atoms with van der Waals surface area (Å²) in [4.78, 5) is 11.5. The van der Waals surface area contributed by atoms with Gasteiger partial charge in [-0.15, -0.1) is 0 Å². The van der Waals surface area contributed by atoms with Crippen molar-refractivity contribution in [2.45, 2.75) is 64.6 Å². The molecule has 0 spiro atoms. The summed E-state index contributed by atoms with van der Waals surface area (Å²) >= 11 is 0. The first-order valence-corrected chi connectivity index (χ1v) is 6.84. The predicted molar refractivity (Wildman–Crippen MR) is 69.6 cm³/mol. The Morgan fingerprint density at radius 1 is 1.26 bits per heavy atom. The van der Waals surface area contributed by atoms with E-state index in [-0.39, 0.29) is 12.3 Å². The van der Waals surface area contributed by atoms with Crippen LogP contribution in [0.5, 0.6) is 0 Å². The maximum Gasteiger partial charge on any atom is 0.391 e. The Bertz CT molecular complexity index is 251. The smallest absolute Gasteiger partial charge is 0.353 e. The van der Waals surface area contributed by atoms with Gasteiger partial charge < -0.3 is 11.1 Å². The van der Waals surface area contributed by atoms with E-state index in [1.165, 1.54) is 6.92 Å². The van der Waals surface area contributed by atoms with Crippen LogP contribution in [-0.2, 0) is 4.79 Å². The minimum Gasteiger partial charge on any atom is -0.353 e. The second-order valence-electron chi connectivity index (χ2n) is 5.06. The van der Waals surface area contributed by atoms with Crippen molar-refractivity contribution in [3.63, 3.8) is 0 Å². The van der Waals surface area contributed by atoms with E-state index in [0.717, 1.165) is 19.3 Å². The van der Waals surface area contributed by atoms with Crippen LogP contribution in [0.1, 0.15) is 52.4 Å². The Morgan fingerprint density at radius 2 is 1.89 bits per heavy atom. The number of nitrogens with two attached hydrogens (primary N) is 1. The number of rotatable bonds is 9. The normalized spacial score (nSPS) is 15.1. The fourth-order valence-electron chi connectivity index (χ4n) is 2.16. The summed E-state index contributed by atoms with van der Waals surface area (Å²) in [6.07, 6.45) is -1.38. The summed E-state index contributed by atoms with van der Waals surface area (Å²) in [6.45, 7) is 4.01. The summed E-state index contributed by atoms with van der Waals surface area (Å²) < 4.78 is 36.3. The number of amides is 1. The number of halogens is 3. The lowest BCUT2D eigenvalue weighted by atomic mass is 9.94. The first-order chi connectivity index (χ1) is 8.78. The lowest BCUT2D eigenvalue weighted by Gasteiger charge is -2.18. The zero-order valence-electron chi connectivity index (χ0n) is 11.7. The third-order valence-electron chi connectivity index (χ3n) is 3.00. The molecule has 0 aromatic rings. The zero-order valence-corrected chi connectivity index (χ0v) is 11.7. The van der Waals surface area contributed by atoms with Crippen LogP contribution in [0.15, 0.2) is 0 Å². The van der Waals surface area contributed by atoms with Gasteiger partial charge in [0.1, 0.15) is 0 Å². The number of carbonyl (C=O) groups is 1. The van der Waals surface area contributed by atoms with Crippen LogP contribution >= 0.6 is 0 Å². The van der Waals surface area contributed by atoms with Crippen molar-refractivity contribution in [3.05, 3.63) is 0 Å². The number of nitrogens with one attached hydrogen (secondary N) is 1. The number of carbonyl (C=O) groups excluding carboxylic acids is 1. The minimum atomic E-state index is -4.24. The van der Waals surface area contributed by atoms with Crippen LogP contribution in [-0.4, -0.2) is 24.7 Å². The van der Waals surface area contributed by atoms with Crippen molar-refractivity contribution < 1.29 is 18.0 Å². The van der Waals surface area contributed by atoms with Crippen molar-refractivity contribution in [2.24, 2.45) is 11.7 Å². The van der Waals surface area contributed by atoms with Crippen molar-refractivity contribution in [1.82, 2.24) is 5.32 Å². The summed E-state index contributed by atoms with van der Waals surface area (Å²) in [5.41, 5.74) is 5.49. The first-order valence-electron chi connectivity index (χ1n) is 6.84. The Hall–Kier alpha value is -0.780. The number of hydrogen-bond acceptors (Lipinski definition) is 2. The molecule has 0 aromatic carbocycles. The molecule has 0 saturated carbocycles. The van der Waals surface area contributed by atoms with E-state index in [0.29, 0.717) is 18.9 Å². The molecule has 3 N–H and O–H groups in total. The van der Waals surface area contributed by atoms with Crippen LogP contribution in [0.4, 0.5) is 13.2 Å². The maximum atomic E-state index is 12.1. The zero-order chi connectivity index (χ0) is 14.9. The first kappa shape index (κ1) is 18.2. The summed E-state index contributed by atoms with van der Waals surface area (Å²) in [6, 6.07) is -0.869. The molecule has 0 aromatic heterocycles. The van der Waals surface area contributed by atoms with Gasteiger partial charge in [-0.3, -0.25) is 4.79 Å². The second-order valence-corrected chi connectivity index (χ2v) is 5.06. The fraction of sp³-hybridized carbons (Fsp3) is 0.923. The van der Waals surface area contributed by atoms with E-state index in [1.54, 1.807) is 0 Å². The third kappa shape index (κ3) is 10.8. The van der Waals surface area contributed by atoms with Gasteiger partial charge in [-0.2, -0.15) is 13.2 Å². The van der Waals surface area contributed by atoms with Gasteiger partial charge in [0, 0.05) is 12.5 Å². The molecular formula is C13H25F3N2O. The van der Waals surface area contributed by atoms with E-state index >= 15 is 0 Å². The van der Waals surface area contributed by atoms with Gasteiger partial charge in [0.25, 0.3) is 0 Å². The third-order valence-corrected chi connectivity index (χ3v) is 3.00. The molecule has 19 heavy (non-hydrogen) atoms. The molecule has 1 amide bonds. The van der Waals surface area contributed by atoms with Crippen molar-refractivity contribution in [3.8, 4) is 0 Å². The molecule has 6 heteroatoms. The second kappa shape index (κ2) is 9.18. The standard InChI is InChI=1S/C13H25F3N2O/c1-3-4-11(7-8-17)5-6-12(19)18-10(2)9-13(14,15)16/h10-11H,3-9,17H2,1-2H3,(H,18,19). The Labute approximate surface area is 113 Å². The molecule has 2 unspecified atom stereocenters. The topological polar surface area (TPSA) is 55.1 Å². The van der Waals surface area contributed by atoms with Crippen molar-refractivity contribution in [1.29, 1.82) is 0 Å². The van der Waals surface area contributed by atoms with Gasteiger partial charge in [0.2, 0.25) is 5.91 Å². The van der Waals surface area contributed by atoms with Crippen molar-refractivity contribution >= 4 is 5.91 Å². The highest BCUT2D eigenvalue weighted by atomic mass is 19.4. The lowest BCUT2D eigenvalue weighted by Crippen LogP contribution is -2.36. The van der Waals surface area contributed by atoms with Crippen LogP contribution in [0, 0.1) is 5.92 Å². The highest BCUT2D eigenvalue weighted by Crippen LogP contribution is 2.21. The molecule has 0 rings (SSSR count). The van der Waals surface area contributed by atoms with Gasteiger partial charge in [-0.1, -0.05) is 19.8 Å². The van der Waals surface area contributed by atoms with Crippen molar-refractivity contribution in [2.75, 3.05) is 6.54 Å². The van der Waals surface area contributed by atoms with Crippen LogP contribution in [0.25, 0.3) is 0 Å². The Kier molecular flexibility index (Phi) is 8.80. The van der Waals surface area contributed by atoms with Crippen LogP contribution in [0.3, 0.4) is 0 Å². The van der Waals surface area contributed by atoms with Gasteiger partial charge >= 0.3 is 6.18 Å². The number of hydrogen-bond donors (Lipinski definition) is 2. The molecule has 0 saturated heterocycles. The molecule has 0 bridgehead atoms. The van der Waals surface area contributed by atoms with E-state index in [1.807, 2.05) is 0 Å². The molecule has 3 nitrogen and oxygen atoms in total. The molecule has 0 aliphatic heterocycles. The Balaban J connectivity index is 3.96. The SMILES string of the molecule is CCCC(CCN)CCC(=O)NC(C)CC(F)(F)F. The van der Waals surface area contributed by atoms with Gasteiger partial charge in [-0.05, 0) is 32.2 Å². The lowest BCUT2D eigenvalue weighted by molar-refractivity contribution is -0.141. The largest absolute Gasteiger partial charge is 0.391 e. The predicted octanol–water partition coefficient (Wildman–Crippen LogP) is 2.99. The molecule has 0 radical (unpaired) electrons. The molecule has 0 fully saturated rings. The molecule has 0 heterocycles. The maximum absolute atomic E-state index is 12.1. The van der Waals surface area contributed by atoms with E-state index < -0.39 is 18.6 Å².